The molecule has 1 aromatic carbocycles. The van der Waals surface area contributed by atoms with Crippen LogP contribution in [0, 0.1) is 5.41 Å². The van der Waals surface area contributed by atoms with Crippen molar-refractivity contribution in [1.29, 1.82) is 5.41 Å². The zero-order valence-electron chi connectivity index (χ0n) is 16.3. The van der Waals surface area contributed by atoms with Gasteiger partial charge in [-0.3, -0.25) is 15.2 Å². The molecular formula is C19H26N4O6. The number of hydrogen-bond donors (Lipinski definition) is 3. The molecule has 158 valence electrons. The summed E-state index contributed by atoms with van der Waals surface area (Å²) in [6.45, 7) is 4.33. The van der Waals surface area contributed by atoms with E-state index in [1.54, 1.807) is 13.0 Å². The van der Waals surface area contributed by atoms with Gasteiger partial charge in [0.25, 0.3) is 0 Å². The lowest BCUT2D eigenvalue weighted by Crippen LogP contribution is -2.42. The maximum absolute atomic E-state index is 12.4. The third kappa shape index (κ3) is 5.08. The van der Waals surface area contributed by atoms with Crippen molar-refractivity contribution in [2.24, 2.45) is 5.73 Å². The molecule has 0 aromatic heterocycles. The van der Waals surface area contributed by atoms with Gasteiger partial charge in [0.2, 0.25) is 0 Å². The number of nitrogens with zero attached hydrogens (tertiary/aromatic N) is 2. The number of likely N-dealkylation sites (tertiary alicyclic amines) is 1. The van der Waals surface area contributed by atoms with Crippen LogP contribution in [0.4, 0.5) is 15.3 Å². The van der Waals surface area contributed by atoms with Crippen LogP contribution in [0.1, 0.15) is 25.3 Å². The molecule has 3 rings (SSSR count). The summed E-state index contributed by atoms with van der Waals surface area (Å²) in [7, 11) is 0. The number of carbonyl (C=O) groups excluding carboxylic acids is 2. The van der Waals surface area contributed by atoms with Gasteiger partial charge in [0.15, 0.2) is 0 Å². The molecule has 0 saturated carbocycles. The SMILES string of the molecule is CCOC(=O)OC1CCN(CC2CN(c3ccc(O)cc3C(=N)N)C(=O)O2)CC1. The lowest BCUT2D eigenvalue weighted by atomic mass is 10.1. The van der Waals surface area contributed by atoms with E-state index in [-0.39, 0.29) is 36.0 Å². The molecule has 4 N–H and O–H groups in total. The van der Waals surface area contributed by atoms with Crippen LogP contribution >= 0.6 is 0 Å². The van der Waals surface area contributed by atoms with Crippen molar-refractivity contribution in [2.45, 2.75) is 32.0 Å². The Labute approximate surface area is 168 Å². The minimum absolute atomic E-state index is 0.0315. The quantitative estimate of drug-likeness (QED) is 0.368. The molecule has 0 bridgehead atoms. The highest BCUT2D eigenvalue weighted by atomic mass is 16.7. The number of carbonyl (C=O) groups is 2. The first-order chi connectivity index (χ1) is 13.9. The molecule has 1 aromatic rings. The minimum atomic E-state index is -0.638. The third-order valence-electron chi connectivity index (χ3n) is 4.96. The molecule has 0 radical (unpaired) electrons. The van der Waals surface area contributed by atoms with Gasteiger partial charge in [-0.15, -0.1) is 0 Å². The Morgan fingerprint density at radius 3 is 2.76 bits per heavy atom. The second-order valence-electron chi connectivity index (χ2n) is 7.03. The molecule has 0 spiro atoms. The number of amidine groups is 1. The fraction of sp³-hybridized carbons (Fsp3) is 0.526. The number of nitrogens with two attached hydrogens (primary N) is 1. The van der Waals surface area contributed by atoms with Gasteiger partial charge < -0.3 is 25.1 Å². The first kappa shape index (κ1) is 20.7. The van der Waals surface area contributed by atoms with Crippen molar-refractivity contribution in [1.82, 2.24) is 4.90 Å². The predicted octanol–water partition coefficient (Wildman–Crippen LogP) is 1.64. The van der Waals surface area contributed by atoms with Crippen LogP contribution < -0.4 is 10.6 Å². The Bertz CT molecular complexity index is 778. The predicted molar refractivity (Wildman–Crippen MR) is 104 cm³/mol. The van der Waals surface area contributed by atoms with Crippen LogP contribution in [0.15, 0.2) is 18.2 Å². The van der Waals surface area contributed by atoms with E-state index in [2.05, 4.69) is 4.90 Å². The van der Waals surface area contributed by atoms with Crippen LogP contribution in [0.25, 0.3) is 0 Å². The van der Waals surface area contributed by atoms with E-state index in [1.165, 1.54) is 17.0 Å². The Morgan fingerprint density at radius 2 is 2.10 bits per heavy atom. The van der Waals surface area contributed by atoms with Crippen molar-refractivity contribution >= 4 is 23.8 Å². The number of amides is 1. The normalized spacial score (nSPS) is 20.4. The number of aromatic hydroxyl groups is 1. The fourth-order valence-corrected chi connectivity index (χ4v) is 3.57. The largest absolute Gasteiger partial charge is 0.508 e. The van der Waals surface area contributed by atoms with E-state index in [0.717, 1.165) is 13.1 Å². The molecule has 0 aliphatic carbocycles. The number of ether oxygens (including phenoxy) is 3. The lowest BCUT2D eigenvalue weighted by molar-refractivity contribution is -0.00295. The maximum atomic E-state index is 12.4. The van der Waals surface area contributed by atoms with E-state index in [0.29, 0.717) is 31.6 Å². The van der Waals surface area contributed by atoms with Gasteiger partial charge >= 0.3 is 12.2 Å². The molecule has 1 amide bonds. The van der Waals surface area contributed by atoms with Gasteiger partial charge in [-0.25, -0.2) is 9.59 Å². The van der Waals surface area contributed by atoms with E-state index >= 15 is 0 Å². The van der Waals surface area contributed by atoms with Crippen LogP contribution in [-0.4, -0.2) is 73.1 Å². The number of rotatable bonds is 6. The standard InChI is InChI=1S/C19H26N4O6/c1-2-27-19(26)29-13-5-7-22(8-6-13)10-14-11-23(18(25)28-14)16-4-3-12(24)9-15(16)17(20)21/h3-4,9,13-14,24H,2,5-8,10-11H2,1H3,(H3,20,21). The van der Waals surface area contributed by atoms with Crippen LogP contribution in [0.2, 0.25) is 0 Å². The Morgan fingerprint density at radius 1 is 1.38 bits per heavy atom. The molecule has 29 heavy (non-hydrogen) atoms. The highest BCUT2D eigenvalue weighted by Gasteiger charge is 2.35. The number of nitrogens with one attached hydrogen (secondary N) is 1. The molecule has 1 unspecified atom stereocenters. The highest BCUT2D eigenvalue weighted by molar-refractivity contribution is 6.04. The van der Waals surface area contributed by atoms with E-state index in [9.17, 15) is 14.7 Å². The van der Waals surface area contributed by atoms with Gasteiger partial charge in [-0.1, -0.05) is 0 Å². The molecule has 2 saturated heterocycles. The summed E-state index contributed by atoms with van der Waals surface area (Å²) in [4.78, 5) is 27.4. The van der Waals surface area contributed by atoms with Crippen molar-refractivity contribution in [3.05, 3.63) is 23.8 Å². The summed E-state index contributed by atoms with van der Waals surface area (Å²) in [6, 6.07) is 4.34. The Balaban J connectivity index is 1.54. The third-order valence-corrected chi connectivity index (χ3v) is 4.96. The van der Waals surface area contributed by atoms with Crippen molar-refractivity contribution in [3.63, 3.8) is 0 Å². The number of cyclic esters (lactones) is 1. The Kier molecular flexibility index (Phi) is 6.42. The molecule has 2 aliphatic heterocycles. The summed E-state index contributed by atoms with van der Waals surface area (Å²) in [6.07, 6.45) is -0.266. The molecule has 1 atom stereocenters. The first-order valence-electron chi connectivity index (χ1n) is 9.58. The minimum Gasteiger partial charge on any atom is -0.508 e. The van der Waals surface area contributed by atoms with Gasteiger partial charge in [0.05, 0.1) is 18.8 Å². The van der Waals surface area contributed by atoms with Crippen LogP contribution in [0.5, 0.6) is 5.75 Å². The highest BCUT2D eigenvalue weighted by Crippen LogP contribution is 2.29. The maximum Gasteiger partial charge on any atom is 0.508 e. The number of phenols is 1. The van der Waals surface area contributed by atoms with Gasteiger partial charge in [0, 0.05) is 25.2 Å². The molecule has 10 nitrogen and oxygen atoms in total. The average Bonchev–Trinajstić information content (AvgIpc) is 3.03. The van der Waals surface area contributed by atoms with E-state index in [1.807, 2.05) is 0 Å². The summed E-state index contributed by atoms with van der Waals surface area (Å²) >= 11 is 0. The summed E-state index contributed by atoms with van der Waals surface area (Å²) in [5.74, 6) is -0.271. The van der Waals surface area contributed by atoms with Gasteiger partial charge in [-0.2, -0.15) is 0 Å². The monoisotopic (exact) mass is 406 g/mol. The average molecular weight is 406 g/mol. The zero-order valence-corrected chi connectivity index (χ0v) is 16.3. The van der Waals surface area contributed by atoms with Crippen molar-refractivity contribution in [2.75, 3.05) is 37.7 Å². The van der Waals surface area contributed by atoms with E-state index in [4.69, 9.17) is 25.4 Å². The number of hydrogen-bond acceptors (Lipinski definition) is 8. The number of benzene rings is 1. The van der Waals surface area contributed by atoms with Crippen molar-refractivity contribution < 1.29 is 28.9 Å². The second kappa shape index (κ2) is 8.99. The molecule has 10 heteroatoms. The fourth-order valence-electron chi connectivity index (χ4n) is 3.57. The molecular weight excluding hydrogens is 380 g/mol. The zero-order chi connectivity index (χ0) is 21.0. The number of nitrogen functional groups attached to an aromatic ring is 1. The second-order valence-corrected chi connectivity index (χ2v) is 7.03. The number of anilines is 1. The van der Waals surface area contributed by atoms with Crippen molar-refractivity contribution in [3.8, 4) is 5.75 Å². The van der Waals surface area contributed by atoms with Crippen LogP contribution in [0.3, 0.4) is 0 Å². The van der Waals surface area contributed by atoms with E-state index < -0.39 is 12.2 Å². The van der Waals surface area contributed by atoms with Gasteiger partial charge in [0.1, 0.15) is 23.8 Å². The molecule has 2 aliphatic rings. The van der Waals surface area contributed by atoms with Crippen LogP contribution in [-0.2, 0) is 14.2 Å². The molecule has 2 fully saturated rings. The summed E-state index contributed by atoms with van der Waals surface area (Å²) < 4.78 is 15.5. The van der Waals surface area contributed by atoms with Gasteiger partial charge in [-0.05, 0) is 38.0 Å². The number of piperidine rings is 1. The number of phenolic OH excluding ortho intramolecular Hbond substituents is 1. The molecule has 2 heterocycles. The summed E-state index contributed by atoms with van der Waals surface area (Å²) in [5.41, 5.74) is 6.30. The topological polar surface area (TPSA) is 138 Å². The Hall–Kier alpha value is -3.01. The summed E-state index contributed by atoms with van der Waals surface area (Å²) in [5, 5.41) is 17.3. The first-order valence-corrected chi connectivity index (χ1v) is 9.58. The lowest BCUT2D eigenvalue weighted by Gasteiger charge is -2.32. The smallest absolute Gasteiger partial charge is 0.508 e.